The number of carbonyl (C=O) groups excluding carboxylic acids is 2. The summed E-state index contributed by atoms with van der Waals surface area (Å²) in [5.74, 6) is -0.678. The van der Waals surface area contributed by atoms with Gasteiger partial charge in [-0.25, -0.2) is 4.98 Å². The van der Waals surface area contributed by atoms with Crippen LogP contribution in [0, 0.1) is 5.92 Å². The molecular formula is C23H28ClN7O2. The number of anilines is 2. The van der Waals surface area contributed by atoms with Gasteiger partial charge >= 0.3 is 11.8 Å². The number of H-pyrrole nitrogens is 1. The topological polar surface area (TPSA) is 130 Å². The van der Waals surface area contributed by atoms with Gasteiger partial charge in [0.05, 0.1) is 39.7 Å². The molecule has 0 aromatic carbocycles. The predicted octanol–water partition coefficient (Wildman–Crippen LogP) is 3.68. The van der Waals surface area contributed by atoms with Crippen LogP contribution in [-0.2, 0) is 16.0 Å². The average molecular weight is 470 g/mol. The molecule has 0 saturated heterocycles. The van der Waals surface area contributed by atoms with Crippen molar-refractivity contribution in [3.63, 3.8) is 0 Å². The summed E-state index contributed by atoms with van der Waals surface area (Å²) in [5.41, 5.74) is 8.98. The van der Waals surface area contributed by atoms with Gasteiger partial charge in [-0.2, -0.15) is 5.10 Å². The van der Waals surface area contributed by atoms with Gasteiger partial charge in [0.15, 0.2) is 0 Å². The molecule has 0 unspecified atom stereocenters. The molecule has 1 aliphatic carbocycles. The van der Waals surface area contributed by atoms with E-state index in [0.29, 0.717) is 35.5 Å². The summed E-state index contributed by atoms with van der Waals surface area (Å²) < 4.78 is 0. The summed E-state index contributed by atoms with van der Waals surface area (Å²) in [5, 5.41) is 10.5. The lowest BCUT2D eigenvalue weighted by molar-refractivity contribution is -0.143. The summed E-state index contributed by atoms with van der Waals surface area (Å²) in [6.07, 6.45) is 11.0. The van der Waals surface area contributed by atoms with Crippen molar-refractivity contribution in [2.24, 2.45) is 5.92 Å². The van der Waals surface area contributed by atoms with Crippen LogP contribution in [-0.4, -0.2) is 50.0 Å². The number of allylic oxidation sites excluding steroid dienone is 1. The molecule has 0 spiro atoms. The minimum atomic E-state index is -0.704. The molecule has 33 heavy (non-hydrogen) atoms. The van der Waals surface area contributed by atoms with E-state index in [4.69, 9.17) is 17.3 Å². The van der Waals surface area contributed by atoms with E-state index in [-0.39, 0.29) is 5.92 Å². The van der Waals surface area contributed by atoms with Crippen molar-refractivity contribution in [2.75, 3.05) is 24.1 Å². The van der Waals surface area contributed by atoms with Crippen LogP contribution in [0.1, 0.15) is 38.4 Å². The Kier molecular flexibility index (Phi) is 8.00. The first-order valence-corrected chi connectivity index (χ1v) is 11.2. The third-order valence-electron chi connectivity index (χ3n) is 5.04. The monoisotopic (exact) mass is 469 g/mol. The highest BCUT2D eigenvalue weighted by Gasteiger charge is 2.22. The number of nitrogens with one attached hydrogen (secondary N) is 2. The van der Waals surface area contributed by atoms with Gasteiger partial charge in [0.2, 0.25) is 0 Å². The number of likely N-dealkylation sites (N-methyl/N-ethyl adjacent to an activating group) is 1. The Morgan fingerprint density at radius 1 is 1.27 bits per heavy atom. The number of amides is 2. The van der Waals surface area contributed by atoms with Crippen LogP contribution in [0.3, 0.4) is 0 Å². The number of fused-ring (bicyclic) bond motifs is 2. The number of nitrogens with zero attached hydrogens (tertiary/aromatic N) is 4. The average Bonchev–Trinajstić information content (AvgIpc) is 3.30. The molecule has 2 amide bonds. The van der Waals surface area contributed by atoms with Crippen molar-refractivity contribution >= 4 is 51.9 Å². The molecular weight excluding hydrogens is 442 g/mol. The van der Waals surface area contributed by atoms with E-state index < -0.39 is 11.8 Å². The van der Waals surface area contributed by atoms with Gasteiger partial charge < -0.3 is 16.0 Å². The highest BCUT2D eigenvalue weighted by Crippen LogP contribution is 2.24. The molecule has 0 radical (unpaired) electrons. The number of halogens is 1. The van der Waals surface area contributed by atoms with Crippen LogP contribution in [0.4, 0.5) is 11.5 Å². The van der Waals surface area contributed by atoms with Gasteiger partial charge in [0.1, 0.15) is 5.82 Å². The molecule has 3 aromatic rings. The Morgan fingerprint density at radius 2 is 2.06 bits per heavy atom. The number of pyridine rings is 2. The minimum Gasteiger partial charge on any atom is -0.383 e. The lowest BCUT2D eigenvalue weighted by atomic mass is 10.0. The Balaban J connectivity index is 0.000000231. The smallest absolute Gasteiger partial charge is 0.314 e. The van der Waals surface area contributed by atoms with E-state index in [1.807, 2.05) is 26.8 Å². The zero-order valence-electron chi connectivity index (χ0n) is 18.9. The van der Waals surface area contributed by atoms with E-state index >= 15 is 0 Å². The van der Waals surface area contributed by atoms with Crippen molar-refractivity contribution in [3.8, 4) is 0 Å². The van der Waals surface area contributed by atoms with E-state index in [1.54, 1.807) is 6.20 Å². The van der Waals surface area contributed by atoms with Crippen LogP contribution in [0.5, 0.6) is 0 Å². The quantitative estimate of drug-likeness (QED) is 0.499. The van der Waals surface area contributed by atoms with Crippen LogP contribution >= 0.6 is 11.6 Å². The van der Waals surface area contributed by atoms with Crippen LogP contribution in [0.2, 0.25) is 5.02 Å². The molecule has 0 saturated carbocycles. The summed E-state index contributed by atoms with van der Waals surface area (Å²) in [6.45, 7) is 6.83. The van der Waals surface area contributed by atoms with Gasteiger partial charge in [0, 0.05) is 19.3 Å². The summed E-state index contributed by atoms with van der Waals surface area (Å²) in [7, 11) is 0. The number of hydrogen-bond donors (Lipinski definition) is 3. The molecule has 9 nitrogen and oxygen atoms in total. The van der Waals surface area contributed by atoms with Crippen molar-refractivity contribution in [3.05, 3.63) is 47.0 Å². The van der Waals surface area contributed by atoms with Gasteiger partial charge in [-0.05, 0) is 43.4 Å². The largest absolute Gasteiger partial charge is 0.383 e. The molecule has 10 heteroatoms. The second kappa shape index (κ2) is 10.9. The number of nitrogen functional groups attached to an aromatic ring is 1. The maximum absolute atomic E-state index is 12.2. The Morgan fingerprint density at radius 3 is 2.79 bits per heavy atom. The predicted molar refractivity (Wildman–Crippen MR) is 131 cm³/mol. The summed E-state index contributed by atoms with van der Waals surface area (Å²) >= 11 is 5.79. The maximum Gasteiger partial charge on any atom is 0.314 e. The van der Waals surface area contributed by atoms with Crippen LogP contribution in [0.25, 0.3) is 17.0 Å². The summed E-state index contributed by atoms with van der Waals surface area (Å²) in [6, 6.07) is 1.99. The zero-order chi connectivity index (χ0) is 24.0. The molecule has 174 valence electrons. The van der Waals surface area contributed by atoms with E-state index in [1.165, 1.54) is 22.9 Å². The first kappa shape index (κ1) is 24.2. The second-order valence-corrected chi connectivity index (χ2v) is 8.48. The highest BCUT2D eigenvalue weighted by atomic mass is 35.5. The van der Waals surface area contributed by atoms with Gasteiger partial charge in [-0.1, -0.05) is 31.5 Å². The zero-order valence-corrected chi connectivity index (χ0v) is 19.7. The fourth-order valence-electron chi connectivity index (χ4n) is 3.44. The Labute approximate surface area is 197 Å². The van der Waals surface area contributed by atoms with Gasteiger partial charge in [-0.15, -0.1) is 0 Å². The molecule has 4 rings (SSSR count). The molecule has 0 bridgehead atoms. The molecule has 4 N–H and O–H groups in total. The fourth-order valence-corrected chi connectivity index (χ4v) is 3.62. The number of nitrogens with two attached hydrogens (primary N) is 1. The normalized spacial score (nSPS) is 12.2. The SMILES string of the molecule is CCN(CC(C)C)C(=O)C(=O)Nc1cnc(N)c2cn[nH]c12.Clc1cnc2c(c1)CCC=C2. The Hall–Kier alpha value is -3.46. The Bertz CT molecular complexity index is 1170. The van der Waals surface area contributed by atoms with Gasteiger partial charge in [0.25, 0.3) is 0 Å². The lowest BCUT2D eigenvalue weighted by Gasteiger charge is -2.22. The number of rotatable bonds is 4. The van der Waals surface area contributed by atoms with Crippen LogP contribution < -0.4 is 11.1 Å². The maximum atomic E-state index is 12.2. The standard InChI is InChI=1S/C14H20N6O2.C9H8ClN/c1-4-20(7-8(2)3)14(22)13(21)18-10-6-16-12(15)9-5-17-19-11(9)10;10-8-5-7-3-1-2-4-9(7)11-6-8/h5-6,8H,4,7H2,1-3H3,(H2,15,16)(H,17,19)(H,18,21);2,4-6H,1,3H2. The molecule has 3 heterocycles. The molecule has 3 aromatic heterocycles. The molecule has 0 atom stereocenters. The van der Waals surface area contributed by atoms with Crippen molar-refractivity contribution in [1.29, 1.82) is 0 Å². The van der Waals surface area contributed by atoms with Crippen molar-refractivity contribution < 1.29 is 9.59 Å². The van der Waals surface area contributed by atoms with E-state index in [0.717, 1.165) is 23.6 Å². The van der Waals surface area contributed by atoms with Crippen molar-refractivity contribution in [1.82, 2.24) is 25.1 Å². The van der Waals surface area contributed by atoms with E-state index in [2.05, 4.69) is 37.6 Å². The highest BCUT2D eigenvalue weighted by molar-refractivity contribution is 6.40. The number of hydrogen-bond acceptors (Lipinski definition) is 6. The van der Waals surface area contributed by atoms with Gasteiger partial charge in [-0.3, -0.25) is 19.7 Å². The lowest BCUT2D eigenvalue weighted by Crippen LogP contribution is -2.41. The third kappa shape index (κ3) is 6.07. The number of aryl methyl sites for hydroxylation is 1. The minimum absolute atomic E-state index is 0.286. The second-order valence-electron chi connectivity index (χ2n) is 8.05. The van der Waals surface area contributed by atoms with E-state index in [9.17, 15) is 9.59 Å². The summed E-state index contributed by atoms with van der Waals surface area (Å²) in [4.78, 5) is 34.0. The molecule has 0 fully saturated rings. The fraction of sp³-hybridized carbons (Fsp3) is 0.348. The number of carbonyl (C=O) groups is 2. The molecule has 1 aliphatic rings. The first-order valence-electron chi connectivity index (χ1n) is 10.8. The van der Waals surface area contributed by atoms with Crippen molar-refractivity contribution in [2.45, 2.75) is 33.6 Å². The van der Waals surface area contributed by atoms with Crippen LogP contribution in [0.15, 0.2) is 30.7 Å². The molecule has 0 aliphatic heterocycles. The number of aromatic amines is 1. The number of aromatic nitrogens is 4. The third-order valence-corrected chi connectivity index (χ3v) is 5.25. The first-order chi connectivity index (χ1) is 15.8.